The van der Waals surface area contributed by atoms with Crippen LogP contribution in [0.25, 0.3) is 0 Å². The number of aliphatic hydroxyl groups excluding tert-OH is 2. The van der Waals surface area contributed by atoms with Crippen LogP contribution in [0.3, 0.4) is 0 Å². The second kappa shape index (κ2) is 3.77. The summed E-state index contributed by atoms with van der Waals surface area (Å²) < 4.78 is 0. The van der Waals surface area contributed by atoms with E-state index < -0.39 is 0 Å². The minimum Gasteiger partial charge on any atom is -0.508 e. The number of rotatable bonds is 0. The van der Waals surface area contributed by atoms with Crippen molar-refractivity contribution in [3.63, 3.8) is 0 Å². The summed E-state index contributed by atoms with van der Waals surface area (Å²) in [5.41, 5.74) is 2.17. The van der Waals surface area contributed by atoms with Crippen molar-refractivity contribution in [1.29, 1.82) is 0 Å². The lowest BCUT2D eigenvalue weighted by atomic mass is 9.66. The van der Waals surface area contributed by atoms with Crippen LogP contribution in [0.15, 0.2) is 35.1 Å². The fourth-order valence-corrected chi connectivity index (χ4v) is 3.45. The molecule has 0 spiro atoms. The molecule has 0 heterocycles. The second-order valence-electron chi connectivity index (χ2n) is 5.12. The zero-order chi connectivity index (χ0) is 11.1. The highest BCUT2D eigenvalue weighted by atomic mass is 16.3. The Bertz CT molecular complexity index is 390. The van der Waals surface area contributed by atoms with Crippen molar-refractivity contribution in [2.45, 2.75) is 38.2 Å². The van der Waals surface area contributed by atoms with Crippen molar-refractivity contribution in [3.05, 3.63) is 35.1 Å². The van der Waals surface area contributed by atoms with E-state index in [2.05, 4.69) is 12.2 Å². The summed E-state index contributed by atoms with van der Waals surface area (Å²) in [6.07, 6.45) is 11.0. The van der Waals surface area contributed by atoms with Gasteiger partial charge in [0.25, 0.3) is 0 Å². The molecule has 0 radical (unpaired) electrons. The molecule has 0 aromatic heterocycles. The van der Waals surface area contributed by atoms with Gasteiger partial charge >= 0.3 is 0 Å². The van der Waals surface area contributed by atoms with E-state index in [-0.39, 0.29) is 6.10 Å². The van der Waals surface area contributed by atoms with E-state index in [0.717, 1.165) is 43.3 Å². The number of fused-ring (bicyclic) bond motifs is 3. The summed E-state index contributed by atoms with van der Waals surface area (Å²) in [5.74, 6) is 1.30. The van der Waals surface area contributed by atoms with Gasteiger partial charge in [0.1, 0.15) is 5.76 Å². The predicted octanol–water partition coefficient (Wildman–Crippen LogP) is 2.87. The second-order valence-corrected chi connectivity index (χ2v) is 5.12. The normalized spacial score (nSPS) is 37.8. The Balaban J connectivity index is 2.04. The van der Waals surface area contributed by atoms with Crippen molar-refractivity contribution in [2.24, 2.45) is 11.8 Å². The van der Waals surface area contributed by atoms with Crippen LogP contribution in [-0.4, -0.2) is 16.3 Å². The molecule has 0 saturated heterocycles. The molecule has 0 aromatic rings. The maximum absolute atomic E-state index is 10.0. The van der Waals surface area contributed by atoms with Gasteiger partial charge in [-0.1, -0.05) is 12.2 Å². The largest absolute Gasteiger partial charge is 0.508 e. The lowest BCUT2D eigenvalue weighted by Crippen LogP contribution is -2.33. The fraction of sp³-hybridized carbons (Fsp3) is 0.571. The van der Waals surface area contributed by atoms with Gasteiger partial charge in [-0.15, -0.1) is 0 Å². The zero-order valence-electron chi connectivity index (χ0n) is 9.39. The Morgan fingerprint density at radius 3 is 2.88 bits per heavy atom. The maximum Gasteiger partial charge on any atom is 0.119 e. The SMILES string of the molecule is OC1=C2C=CCCC2C2CCCC(O)C2=C1. The highest BCUT2D eigenvalue weighted by Gasteiger charge is 2.37. The quantitative estimate of drug-likeness (QED) is 0.656. The van der Waals surface area contributed by atoms with Gasteiger partial charge in [-0.25, -0.2) is 0 Å². The number of allylic oxidation sites excluding steroid dienone is 4. The molecule has 2 N–H and O–H groups in total. The first kappa shape index (κ1) is 10.2. The first-order valence-electron chi connectivity index (χ1n) is 6.26. The van der Waals surface area contributed by atoms with Crippen molar-refractivity contribution in [1.82, 2.24) is 0 Å². The highest BCUT2D eigenvalue weighted by molar-refractivity contribution is 5.42. The summed E-state index contributed by atoms with van der Waals surface area (Å²) in [6.45, 7) is 0. The number of hydrogen-bond donors (Lipinski definition) is 2. The molecule has 3 aliphatic rings. The monoisotopic (exact) mass is 218 g/mol. The van der Waals surface area contributed by atoms with E-state index in [1.807, 2.05) is 6.08 Å². The minimum absolute atomic E-state index is 0.326. The molecule has 1 fully saturated rings. The molecule has 2 nitrogen and oxygen atoms in total. The first-order valence-corrected chi connectivity index (χ1v) is 6.26. The molecule has 86 valence electrons. The Hall–Kier alpha value is -1.02. The van der Waals surface area contributed by atoms with Gasteiger partial charge in [-0.2, -0.15) is 0 Å². The van der Waals surface area contributed by atoms with Gasteiger partial charge in [-0.05, 0) is 61.2 Å². The average molecular weight is 218 g/mol. The standard InChI is InChI=1S/C14H18O2/c15-13-7-3-6-10-9-4-1-2-5-11(9)14(16)8-12(10)13/h2,5,8-10,13,15-16H,1,3-4,6-7H2. The van der Waals surface area contributed by atoms with E-state index in [9.17, 15) is 10.2 Å². The molecule has 1 saturated carbocycles. The van der Waals surface area contributed by atoms with E-state index in [1.165, 1.54) is 0 Å². The van der Waals surface area contributed by atoms with Crippen LogP contribution in [0.4, 0.5) is 0 Å². The average Bonchev–Trinajstić information content (AvgIpc) is 2.31. The minimum atomic E-state index is -0.326. The summed E-state index contributed by atoms with van der Waals surface area (Å²) >= 11 is 0. The molecule has 3 atom stereocenters. The molecule has 0 amide bonds. The lowest BCUT2D eigenvalue weighted by Gasteiger charge is -2.40. The van der Waals surface area contributed by atoms with Gasteiger partial charge in [0, 0.05) is 0 Å². The van der Waals surface area contributed by atoms with Crippen molar-refractivity contribution in [2.75, 3.05) is 0 Å². The zero-order valence-corrected chi connectivity index (χ0v) is 9.39. The van der Waals surface area contributed by atoms with Crippen molar-refractivity contribution >= 4 is 0 Å². The Morgan fingerprint density at radius 1 is 1.12 bits per heavy atom. The molecule has 3 aliphatic carbocycles. The van der Waals surface area contributed by atoms with Crippen molar-refractivity contribution < 1.29 is 10.2 Å². The Morgan fingerprint density at radius 2 is 2.00 bits per heavy atom. The molecule has 3 rings (SSSR count). The topological polar surface area (TPSA) is 40.5 Å². The summed E-state index contributed by atoms with van der Waals surface area (Å²) in [6, 6.07) is 0. The van der Waals surface area contributed by atoms with Crippen LogP contribution < -0.4 is 0 Å². The molecular weight excluding hydrogens is 200 g/mol. The summed E-state index contributed by atoms with van der Waals surface area (Å²) in [5, 5.41) is 20.0. The van der Waals surface area contributed by atoms with Crippen LogP contribution in [0.1, 0.15) is 32.1 Å². The van der Waals surface area contributed by atoms with E-state index in [1.54, 1.807) is 0 Å². The van der Waals surface area contributed by atoms with E-state index in [4.69, 9.17) is 0 Å². The van der Waals surface area contributed by atoms with E-state index in [0.29, 0.717) is 17.6 Å². The van der Waals surface area contributed by atoms with Crippen LogP contribution in [-0.2, 0) is 0 Å². The van der Waals surface area contributed by atoms with Gasteiger partial charge in [-0.3, -0.25) is 0 Å². The van der Waals surface area contributed by atoms with Gasteiger partial charge < -0.3 is 10.2 Å². The number of aliphatic hydroxyl groups is 2. The third-order valence-electron chi connectivity index (χ3n) is 4.23. The lowest BCUT2D eigenvalue weighted by molar-refractivity contribution is 0.141. The highest BCUT2D eigenvalue weighted by Crippen LogP contribution is 2.46. The maximum atomic E-state index is 10.0. The fourth-order valence-electron chi connectivity index (χ4n) is 3.45. The summed E-state index contributed by atoms with van der Waals surface area (Å²) in [7, 11) is 0. The molecule has 0 aromatic carbocycles. The summed E-state index contributed by atoms with van der Waals surface area (Å²) in [4.78, 5) is 0. The predicted molar refractivity (Wildman–Crippen MR) is 62.9 cm³/mol. The third-order valence-corrected chi connectivity index (χ3v) is 4.23. The van der Waals surface area contributed by atoms with Gasteiger partial charge in [0.05, 0.1) is 6.10 Å². The van der Waals surface area contributed by atoms with Gasteiger partial charge in [0.2, 0.25) is 0 Å². The molecule has 3 unspecified atom stereocenters. The third kappa shape index (κ3) is 1.44. The van der Waals surface area contributed by atoms with Crippen LogP contribution in [0.5, 0.6) is 0 Å². The molecule has 16 heavy (non-hydrogen) atoms. The molecule has 2 heteroatoms. The number of hydrogen-bond acceptors (Lipinski definition) is 2. The first-order chi connectivity index (χ1) is 7.77. The van der Waals surface area contributed by atoms with Gasteiger partial charge in [0.15, 0.2) is 0 Å². The van der Waals surface area contributed by atoms with E-state index >= 15 is 0 Å². The molecule has 0 aliphatic heterocycles. The molecular formula is C14H18O2. The van der Waals surface area contributed by atoms with Crippen LogP contribution in [0.2, 0.25) is 0 Å². The smallest absolute Gasteiger partial charge is 0.119 e. The van der Waals surface area contributed by atoms with Crippen molar-refractivity contribution in [3.8, 4) is 0 Å². The Labute approximate surface area is 96.0 Å². The van der Waals surface area contributed by atoms with Crippen LogP contribution >= 0.6 is 0 Å². The Kier molecular flexibility index (Phi) is 2.40. The van der Waals surface area contributed by atoms with Crippen LogP contribution in [0, 0.1) is 11.8 Å². The molecule has 0 bridgehead atoms.